The van der Waals surface area contributed by atoms with Gasteiger partial charge in [0.25, 0.3) is 0 Å². The average Bonchev–Trinajstić information content (AvgIpc) is 1.86. The highest BCUT2D eigenvalue weighted by atomic mass is 14.3. The van der Waals surface area contributed by atoms with Gasteiger partial charge in [0, 0.05) is 0 Å². The van der Waals surface area contributed by atoms with Gasteiger partial charge in [0.05, 0.1) is 11.5 Å². The first-order valence-corrected chi connectivity index (χ1v) is 3.09. The van der Waals surface area contributed by atoms with Gasteiger partial charge in [-0.15, -0.1) is 0 Å². The molecular weight excluding hydrogens is 110 g/mol. The van der Waals surface area contributed by atoms with E-state index < -0.39 is 0 Å². The van der Waals surface area contributed by atoms with E-state index in [4.69, 9.17) is 5.26 Å². The number of allylic oxidation sites excluding steroid dienone is 2. The molecule has 0 aromatic heterocycles. The normalized spacial score (nSPS) is 13.0. The summed E-state index contributed by atoms with van der Waals surface area (Å²) in [6, 6.07) is 2.22. The van der Waals surface area contributed by atoms with Crippen LogP contribution in [0.5, 0.6) is 0 Å². The number of nitrogens with zero attached hydrogens (tertiary/aromatic N) is 1. The van der Waals surface area contributed by atoms with Crippen molar-refractivity contribution in [2.45, 2.75) is 27.7 Å². The van der Waals surface area contributed by atoms with Gasteiger partial charge in [-0.1, -0.05) is 11.6 Å². The highest BCUT2D eigenvalue weighted by Crippen LogP contribution is 2.23. The molecule has 0 saturated heterocycles. The lowest BCUT2D eigenvalue weighted by atomic mass is 9.87. The molecule has 0 saturated carbocycles. The number of hydrogen-bond acceptors (Lipinski definition) is 1. The van der Waals surface area contributed by atoms with Crippen molar-refractivity contribution < 1.29 is 0 Å². The first-order valence-electron chi connectivity index (χ1n) is 3.09. The Balaban J connectivity index is 4.39. The second-order valence-electron chi connectivity index (χ2n) is 2.71. The van der Waals surface area contributed by atoms with Crippen LogP contribution in [-0.4, -0.2) is 0 Å². The van der Waals surface area contributed by atoms with Crippen molar-refractivity contribution in [3.63, 3.8) is 0 Å². The molecule has 0 amide bonds. The van der Waals surface area contributed by atoms with Crippen molar-refractivity contribution in [2.24, 2.45) is 5.41 Å². The second-order valence-corrected chi connectivity index (χ2v) is 2.71. The molecule has 0 N–H and O–H groups in total. The third-order valence-corrected chi connectivity index (χ3v) is 1.70. The maximum atomic E-state index is 8.60. The van der Waals surface area contributed by atoms with Gasteiger partial charge in [-0.2, -0.15) is 5.26 Å². The molecule has 0 aliphatic carbocycles. The third-order valence-electron chi connectivity index (χ3n) is 1.70. The lowest BCUT2D eigenvalue weighted by molar-refractivity contribution is 0.595. The molecule has 0 aliphatic rings. The van der Waals surface area contributed by atoms with Crippen LogP contribution >= 0.6 is 0 Å². The van der Waals surface area contributed by atoms with Crippen LogP contribution in [0.2, 0.25) is 0 Å². The van der Waals surface area contributed by atoms with Gasteiger partial charge in [0.15, 0.2) is 0 Å². The monoisotopic (exact) mass is 123 g/mol. The Morgan fingerprint density at radius 1 is 1.56 bits per heavy atom. The predicted octanol–water partition coefficient (Wildman–Crippen LogP) is 2.50. The Morgan fingerprint density at radius 3 is 2.11 bits per heavy atom. The van der Waals surface area contributed by atoms with Crippen molar-refractivity contribution in [1.82, 2.24) is 0 Å². The Labute approximate surface area is 57.0 Å². The number of nitriles is 1. The van der Waals surface area contributed by atoms with Crippen molar-refractivity contribution in [3.05, 3.63) is 11.6 Å². The largest absolute Gasteiger partial charge is 0.197 e. The number of hydrogen-bond donors (Lipinski definition) is 0. The van der Waals surface area contributed by atoms with E-state index in [1.165, 1.54) is 0 Å². The van der Waals surface area contributed by atoms with E-state index >= 15 is 0 Å². The topological polar surface area (TPSA) is 23.8 Å². The van der Waals surface area contributed by atoms with E-state index in [0.717, 1.165) is 5.57 Å². The molecule has 0 fully saturated rings. The first-order chi connectivity index (χ1) is 4.04. The fraction of sp³-hybridized carbons (Fsp3) is 0.625. The Morgan fingerprint density at radius 2 is 2.00 bits per heavy atom. The number of rotatable bonds is 1. The molecule has 0 bridgehead atoms. The Hall–Kier alpha value is -0.770. The molecule has 1 heteroatoms. The molecular formula is C8H13N. The van der Waals surface area contributed by atoms with Crippen LogP contribution < -0.4 is 0 Å². The van der Waals surface area contributed by atoms with E-state index in [-0.39, 0.29) is 5.41 Å². The average molecular weight is 123 g/mol. The van der Waals surface area contributed by atoms with Crippen LogP contribution in [0.4, 0.5) is 0 Å². The molecule has 0 aromatic carbocycles. The maximum absolute atomic E-state index is 8.60. The van der Waals surface area contributed by atoms with Gasteiger partial charge in [-0.25, -0.2) is 0 Å². The van der Waals surface area contributed by atoms with E-state index in [9.17, 15) is 0 Å². The summed E-state index contributed by atoms with van der Waals surface area (Å²) < 4.78 is 0. The van der Waals surface area contributed by atoms with Crippen LogP contribution in [0.1, 0.15) is 27.7 Å². The van der Waals surface area contributed by atoms with Crippen LogP contribution in [0.3, 0.4) is 0 Å². The molecule has 1 nitrogen and oxygen atoms in total. The standard InChI is InChI=1S/C8H13N/c1-5-7(2)8(3,4)6-9/h5H,1-4H3/b7-5+. The lowest BCUT2D eigenvalue weighted by Gasteiger charge is -2.14. The zero-order chi connectivity index (χ0) is 7.49. The molecule has 9 heavy (non-hydrogen) atoms. The van der Waals surface area contributed by atoms with Crippen molar-refractivity contribution >= 4 is 0 Å². The fourth-order valence-corrected chi connectivity index (χ4v) is 0.449. The minimum Gasteiger partial charge on any atom is -0.197 e. The molecule has 0 heterocycles. The zero-order valence-electron chi connectivity index (χ0n) is 6.52. The SMILES string of the molecule is C/C=C(\C)C(C)(C)C#N. The molecule has 50 valence electrons. The molecule has 0 aliphatic heterocycles. The summed E-state index contributed by atoms with van der Waals surface area (Å²) in [6.45, 7) is 7.77. The summed E-state index contributed by atoms with van der Waals surface area (Å²) in [4.78, 5) is 0. The van der Waals surface area contributed by atoms with Crippen LogP contribution in [-0.2, 0) is 0 Å². The smallest absolute Gasteiger partial charge is 0.0728 e. The lowest BCUT2D eigenvalue weighted by Crippen LogP contribution is -2.08. The van der Waals surface area contributed by atoms with Crippen LogP contribution in [0, 0.1) is 16.7 Å². The molecule has 0 spiro atoms. The van der Waals surface area contributed by atoms with E-state index in [0.29, 0.717) is 0 Å². The van der Waals surface area contributed by atoms with E-state index in [1.807, 2.05) is 33.8 Å². The van der Waals surface area contributed by atoms with Gasteiger partial charge in [-0.3, -0.25) is 0 Å². The molecule has 0 atom stereocenters. The van der Waals surface area contributed by atoms with Crippen LogP contribution in [0.15, 0.2) is 11.6 Å². The van der Waals surface area contributed by atoms with Crippen molar-refractivity contribution in [1.29, 1.82) is 5.26 Å². The Kier molecular flexibility index (Phi) is 2.45. The van der Waals surface area contributed by atoms with Gasteiger partial charge < -0.3 is 0 Å². The predicted molar refractivity (Wildman–Crippen MR) is 38.8 cm³/mol. The highest BCUT2D eigenvalue weighted by Gasteiger charge is 2.17. The third kappa shape index (κ3) is 1.89. The fourth-order valence-electron chi connectivity index (χ4n) is 0.449. The maximum Gasteiger partial charge on any atom is 0.0728 e. The van der Waals surface area contributed by atoms with E-state index in [1.54, 1.807) is 0 Å². The first kappa shape index (κ1) is 8.23. The minimum absolute atomic E-state index is 0.283. The second kappa shape index (κ2) is 2.68. The Bertz CT molecular complexity index is 158. The molecule has 0 aromatic rings. The molecule has 0 unspecified atom stereocenters. The minimum atomic E-state index is -0.283. The van der Waals surface area contributed by atoms with Crippen molar-refractivity contribution in [3.8, 4) is 6.07 Å². The molecule has 0 radical (unpaired) electrons. The van der Waals surface area contributed by atoms with Gasteiger partial charge in [-0.05, 0) is 27.7 Å². The summed E-state index contributed by atoms with van der Waals surface area (Å²) in [6.07, 6.45) is 1.98. The van der Waals surface area contributed by atoms with E-state index in [2.05, 4.69) is 6.07 Å². The van der Waals surface area contributed by atoms with Crippen molar-refractivity contribution in [2.75, 3.05) is 0 Å². The summed E-state index contributed by atoms with van der Waals surface area (Å²) >= 11 is 0. The summed E-state index contributed by atoms with van der Waals surface area (Å²) in [5.41, 5.74) is 0.847. The van der Waals surface area contributed by atoms with Gasteiger partial charge >= 0.3 is 0 Å². The molecule has 0 rings (SSSR count). The highest BCUT2D eigenvalue weighted by molar-refractivity contribution is 5.17. The van der Waals surface area contributed by atoms with Crippen LogP contribution in [0.25, 0.3) is 0 Å². The zero-order valence-corrected chi connectivity index (χ0v) is 6.52. The summed E-state index contributed by atoms with van der Waals surface area (Å²) in [5, 5.41) is 8.60. The summed E-state index contributed by atoms with van der Waals surface area (Å²) in [5.74, 6) is 0. The van der Waals surface area contributed by atoms with Gasteiger partial charge in [0.1, 0.15) is 0 Å². The quantitative estimate of drug-likeness (QED) is 0.491. The summed E-state index contributed by atoms with van der Waals surface area (Å²) in [7, 11) is 0. The van der Waals surface area contributed by atoms with Gasteiger partial charge in [0.2, 0.25) is 0 Å².